The molecule has 1 unspecified atom stereocenters. The van der Waals surface area contributed by atoms with Crippen LogP contribution in [0.5, 0.6) is 0 Å². The van der Waals surface area contributed by atoms with Crippen LogP contribution in [0.15, 0.2) is 11.4 Å². The summed E-state index contributed by atoms with van der Waals surface area (Å²) in [5, 5.41) is 5.46. The average Bonchev–Trinajstić information content (AvgIpc) is 2.47. The van der Waals surface area contributed by atoms with Crippen LogP contribution < -0.4 is 5.32 Å². The second-order valence-electron chi connectivity index (χ2n) is 3.88. The van der Waals surface area contributed by atoms with Gasteiger partial charge in [0.15, 0.2) is 0 Å². The molecule has 0 saturated heterocycles. The highest BCUT2D eigenvalue weighted by atomic mass is 32.1. The Kier molecular flexibility index (Phi) is 3.94. The van der Waals surface area contributed by atoms with Crippen LogP contribution in [-0.4, -0.2) is 13.6 Å². The van der Waals surface area contributed by atoms with Gasteiger partial charge < -0.3 is 5.32 Å². The standard InChI is InChI=1S/C11H19NS/c1-8(2)10(7-12-4)11-9(3)5-6-13-11/h5-6,8,10,12H,7H2,1-4H3. The molecular weight excluding hydrogens is 178 g/mol. The first-order chi connectivity index (χ1) is 6.16. The molecule has 0 aromatic carbocycles. The van der Waals surface area contributed by atoms with E-state index in [-0.39, 0.29) is 0 Å². The number of hydrogen-bond donors (Lipinski definition) is 1. The zero-order valence-electron chi connectivity index (χ0n) is 8.92. The molecule has 74 valence electrons. The van der Waals surface area contributed by atoms with Gasteiger partial charge in [0.05, 0.1) is 0 Å². The van der Waals surface area contributed by atoms with Crippen molar-refractivity contribution in [3.8, 4) is 0 Å². The molecule has 0 amide bonds. The third-order valence-electron chi connectivity index (χ3n) is 2.47. The lowest BCUT2D eigenvalue weighted by atomic mass is 9.92. The quantitative estimate of drug-likeness (QED) is 0.782. The van der Waals surface area contributed by atoms with Gasteiger partial charge >= 0.3 is 0 Å². The van der Waals surface area contributed by atoms with Crippen molar-refractivity contribution in [2.75, 3.05) is 13.6 Å². The van der Waals surface area contributed by atoms with Crippen molar-refractivity contribution in [3.63, 3.8) is 0 Å². The molecule has 1 rings (SSSR count). The van der Waals surface area contributed by atoms with Crippen LogP contribution in [0.25, 0.3) is 0 Å². The highest BCUT2D eigenvalue weighted by Gasteiger charge is 2.17. The SMILES string of the molecule is CNCC(c1sccc1C)C(C)C. The normalized spacial score (nSPS) is 13.6. The number of thiophene rings is 1. The van der Waals surface area contributed by atoms with Crippen LogP contribution >= 0.6 is 11.3 Å². The Hall–Kier alpha value is -0.340. The van der Waals surface area contributed by atoms with Gasteiger partial charge in [-0.1, -0.05) is 13.8 Å². The van der Waals surface area contributed by atoms with Gasteiger partial charge in [0, 0.05) is 17.3 Å². The minimum Gasteiger partial charge on any atom is -0.319 e. The number of aryl methyl sites for hydroxylation is 1. The summed E-state index contributed by atoms with van der Waals surface area (Å²) in [6.45, 7) is 7.87. The van der Waals surface area contributed by atoms with E-state index < -0.39 is 0 Å². The van der Waals surface area contributed by atoms with E-state index in [1.54, 1.807) is 4.88 Å². The zero-order valence-corrected chi connectivity index (χ0v) is 9.74. The molecule has 1 heterocycles. The van der Waals surface area contributed by atoms with Gasteiger partial charge in [0.1, 0.15) is 0 Å². The van der Waals surface area contributed by atoms with Gasteiger partial charge in [-0.15, -0.1) is 11.3 Å². The van der Waals surface area contributed by atoms with E-state index in [9.17, 15) is 0 Å². The lowest BCUT2D eigenvalue weighted by Crippen LogP contribution is -2.21. The molecule has 0 fully saturated rings. The van der Waals surface area contributed by atoms with Crippen molar-refractivity contribution in [1.29, 1.82) is 0 Å². The smallest absolute Gasteiger partial charge is 0.0121 e. The second kappa shape index (κ2) is 4.77. The minimum absolute atomic E-state index is 0.671. The van der Waals surface area contributed by atoms with E-state index in [1.165, 1.54) is 5.56 Å². The molecule has 1 nitrogen and oxygen atoms in total. The van der Waals surface area contributed by atoms with E-state index >= 15 is 0 Å². The highest BCUT2D eigenvalue weighted by Crippen LogP contribution is 2.30. The van der Waals surface area contributed by atoms with E-state index in [4.69, 9.17) is 0 Å². The molecule has 0 bridgehead atoms. The highest BCUT2D eigenvalue weighted by molar-refractivity contribution is 7.10. The Morgan fingerprint density at radius 3 is 2.54 bits per heavy atom. The van der Waals surface area contributed by atoms with E-state index in [1.807, 2.05) is 18.4 Å². The van der Waals surface area contributed by atoms with E-state index in [2.05, 4.69) is 37.5 Å². The molecule has 1 N–H and O–H groups in total. The predicted octanol–water partition coefficient (Wildman–Crippen LogP) is 3.02. The molecule has 0 aliphatic rings. The van der Waals surface area contributed by atoms with Crippen molar-refractivity contribution in [1.82, 2.24) is 5.32 Å². The number of likely N-dealkylation sites (N-methyl/N-ethyl adjacent to an activating group) is 1. The van der Waals surface area contributed by atoms with Crippen LogP contribution in [0.1, 0.15) is 30.2 Å². The van der Waals surface area contributed by atoms with Crippen molar-refractivity contribution in [3.05, 3.63) is 21.9 Å². The summed E-state index contributed by atoms with van der Waals surface area (Å²) in [7, 11) is 2.03. The Morgan fingerprint density at radius 1 is 1.46 bits per heavy atom. The molecule has 0 spiro atoms. The Balaban J connectivity index is 2.82. The fourth-order valence-electron chi connectivity index (χ4n) is 1.62. The number of hydrogen-bond acceptors (Lipinski definition) is 2. The molecule has 1 aromatic heterocycles. The van der Waals surface area contributed by atoms with E-state index in [0.717, 1.165) is 6.54 Å². The van der Waals surface area contributed by atoms with Gasteiger partial charge in [-0.3, -0.25) is 0 Å². The maximum Gasteiger partial charge on any atom is 0.0121 e. The molecule has 13 heavy (non-hydrogen) atoms. The Morgan fingerprint density at radius 2 is 2.15 bits per heavy atom. The predicted molar refractivity (Wildman–Crippen MR) is 60.6 cm³/mol. The van der Waals surface area contributed by atoms with Crippen LogP contribution in [0.3, 0.4) is 0 Å². The van der Waals surface area contributed by atoms with Crippen molar-refractivity contribution in [2.45, 2.75) is 26.7 Å². The average molecular weight is 197 g/mol. The molecule has 1 atom stereocenters. The zero-order chi connectivity index (χ0) is 9.84. The molecule has 0 aliphatic heterocycles. The first-order valence-corrected chi connectivity index (χ1v) is 5.73. The molecule has 0 radical (unpaired) electrons. The Labute approximate surface area is 85.2 Å². The van der Waals surface area contributed by atoms with Gasteiger partial charge in [-0.2, -0.15) is 0 Å². The molecular formula is C11H19NS. The second-order valence-corrected chi connectivity index (χ2v) is 4.82. The largest absolute Gasteiger partial charge is 0.319 e. The minimum atomic E-state index is 0.671. The van der Waals surface area contributed by atoms with Gasteiger partial charge in [0.25, 0.3) is 0 Å². The lowest BCUT2D eigenvalue weighted by Gasteiger charge is -2.20. The van der Waals surface area contributed by atoms with Crippen LogP contribution in [0, 0.1) is 12.8 Å². The first kappa shape index (κ1) is 10.7. The van der Waals surface area contributed by atoms with Gasteiger partial charge in [-0.25, -0.2) is 0 Å². The van der Waals surface area contributed by atoms with Crippen LogP contribution in [0.2, 0.25) is 0 Å². The molecule has 0 saturated carbocycles. The summed E-state index contributed by atoms with van der Waals surface area (Å²) in [5.41, 5.74) is 1.44. The third-order valence-corrected chi connectivity index (χ3v) is 3.62. The first-order valence-electron chi connectivity index (χ1n) is 4.85. The number of nitrogens with one attached hydrogen (secondary N) is 1. The van der Waals surface area contributed by atoms with Gasteiger partial charge in [0.2, 0.25) is 0 Å². The summed E-state index contributed by atoms with van der Waals surface area (Å²) < 4.78 is 0. The van der Waals surface area contributed by atoms with Gasteiger partial charge in [-0.05, 0) is 36.9 Å². The maximum absolute atomic E-state index is 3.27. The summed E-state index contributed by atoms with van der Waals surface area (Å²) in [5.74, 6) is 1.38. The Bertz CT molecular complexity index is 252. The maximum atomic E-state index is 3.27. The van der Waals surface area contributed by atoms with E-state index in [0.29, 0.717) is 11.8 Å². The summed E-state index contributed by atoms with van der Waals surface area (Å²) in [4.78, 5) is 1.55. The van der Waals surface area contributed by atoms with Crippen molar-refractivity contribution >= 4 is 11.3 Å². The monoisotopic (exact) mass is 197 g/mol. The van der Waals surface area contributed by atoms with Crippen LogP contribution in [0.4, 0.5) is 0 Å². The molecule has 1 aromatic rings. The van der Waals surface area contributed by atoms with Crippen molar-refractivity contribution < 1.29 is 0 Å². The van der Waals surface area contributed by atoms with Crippen molar-refractivity contribution in [2.24, 2.45) is 5.92 Å². The lowest BCUT2D eigenvalue weighted by molar-refractivity contribution is 0.483. The topological polar surface area (TPSA) is 12.0 Å². The summed E-state index contributed by atoms with van der Waals surface area (Å²) >= 11 is 1.89. The number of rotatable bonds is 4. The van der Waals surface area contributed by atoms with Crippen LogP contribution in [-0.2, 0) is 0 Å². The summed E-state index contributed by atoms with van der Waals surface area (Å²) in [6, 6.07) is 2.21. The fraction of sp³-hybridized carbons (Fsp3) is 0.636. The molecule has 0 aliphatic carbocycles. The molecule has 2 heteroatoms. The third kappa shape index (κ3) is 2.55. The fourth-order valence-corrected chi connectivity index (χ4v) is 2.82. The summed E-state index contributed by atoms with van der Waals surface area (Å²) in [6.07, 6.45) is 0.